The largest absolute Gasteiger partial charge is 0.495 e. The van der Waals surface area contributed by atoms with E-state index in [2.05, 4.69) is 0 Å². The van der Waals surface area contributed by atoms with Gasteiger partial charge in [0.2, 0.25) is 5.91 Å². The topological polar surface area (TPSA) is 64.4 Å². The number of ether oxygens (including phenoxy) is 1. The van der Waals surface area contributed by atoms with Crippen molar-refractivity contribution in [3.05, 3.63) is 58.4 Å². The van der Waals surface area contributed by atoms with E-state index in [1.165, 1.54) is 21.2 Å². The fourth-order valence-corrected chi connectivity index (χ4v) is 4.02. The SMILES string of the molecule is COc1ccc(C)cc1-n1c(S[C@@H](C)C(=O)N(C)C)nc2ccccc2c1=O. The molecule has 7 heteroatoms. The summed E-state index contributed by atoms with van der Waals surface area (Å²) in [5, 5.41) is 0.572. The third-order valence-corrected chi connectivity index (χ3v) is 5.43. The van der Waals surface area contributed by atoms with Gasteiger partial charge in [-0.05, 0) is 43.7 Å². The summed E-state index contributed by atoms with van der Waals surface area (Å²) in [5.74, 6) is 0.522. The lowest BCUT2D eigenvalue weighted by Gasteiger charge is -2.20. The van der Waals surface area contributed by atoms with Crippen LogP contribution in [0.5, 0.6) is 5.75 Å². The van der Waals surface area contributed by atoms with Gasteiger partial charge in [-0.1, -0.05) is 30.0 Å². The molecule has 0 spiro atoms. The first-order chi connectivity index (χ1) is 13.3. The molecule has 3 rings (SSSR count). The Balaban J connectivity index is 2.28. The van der Waals surface area contributed by atoms with Crippen molar-refractivity contribution in [2.75, 3.05) is 21.2 Å². The molecule has 1 atom stereocenters. The summed E-state index contributed by atoms with van der Waals surface area (Å²) < 4.78 is 7.04. The van der Waals surface area contributed by atoms with Gasteiger partial charge in [0.1, 0.15) is 5.75 Å². The summed E-state index contributed by atoms with van der Waals surface area (Å²) in [4.78, 5) is 32.0. The van der Waals surface area contributed by atoms with Crippen LogP contribution < -0.4 is 10.3 Å². The van der Waals surface area contributed by atoms with E-state index in [1.807, 2.05) is 44.2 Å². The second kappa shape index (κ2) is 8.06. The van der Waals surface area contributed by atoms with Crippen LogP contribution in [0.15, 0.2) is 52.4 Å². The van der Waals surface area contributed by atoms with Crippen molar-refractivity contribution in [1.29, 1.82) is 0 Å². The Labute approximate surface area is 168 Å². The molecule has 1 heterocycles. The minimum atomic E-state index is -0.398. The number of thioether (sulfide) groups is 1. The minimum absolute atomic E-state index is 0.0461. The first-order valence-corrected chi connectivity index (χ1v) is 9.76. The molecule has 0 bridgehead atoms. The quantitative estimate of drug-likeness (QED) is 0.488. The van der Waals surface area contributed by atoms with Gasteiger partial charge < -0.3 is 9.64 Å². The number of aromatic nitrogens is 2. The molecule has 2 aromatic carbocycles. The molecule has 0 aliphatic heterocycles. The maximum atomic E-state index is 13.4. The highest BCUT2D eigenvalue weighted by atomic mass is 32.2. The molecular formula is C21H23N3O3S. The van der Waals surface area contributed by atoms with Gasteiger partial charge in [0.25, 0.3) is 5.56 Å². The lowest BCUT2D eigenvalue weighted by Crippen LogP contribution is -2.31. The van der Waals surface area contributed by atoms with Gasteiger partial charge in [0, 0.05) is 14.1 Å². The van der Waals surface area contributed by atoms with Gasteiger partial charge in [-0.2, -0.15) is 0 Å². The molecule has 146 valence electrons. The van der Waals surface area contributed by atoms with E-state index in [9.17, 15) is 9.59 Å². The van der Waals surface area contributed by atoms with Gasteiger partial charge in [-0.25, -0.2) is 4.98 Å². The van der Waals surface area contributed by atoms with Crippen LogP contribution in [-0.4, -0.2) is 46.8 Å². The summed E-state index contributed by atoms with van der Waals surface area (Å²) in [5.41, 5.74) is 2.01. The van der Waals surface area contributed by atoms with Gasteiger partial charge in [-0.15, -0.1) is 0 Å². The number of carbonyl (C=O) groups excluding carboxylic acids is 1. The van der Waals surface area contributed by atoms with E-state index in [-0.39, 0.29) is 11.5 Å². The highest BCUT2D eigenvalue weighted by Crippen LogP contribution is 2.30. The summed E-state index contributed by atoms with van der Waals surface area (Å²) in [6.45, 7) is 3.76. The van der Waals surface area contributed by atoms with E-state index >= 15 is 0 Å². The average molecular weight is 398 g/mol. The second-order valence-electron chi connectivity index (χ2n) is 6.72. The summed E-state index contributed by atoms with van der Waals surface area (Å²) >= 11 is 1.26. The summed E-state index contributed by atoms with van der Waals surface area (Å²) in [6, 6.07) is 12.9. The molecule has 0 saturated heterocycles. The molecule has 0 N–H and O–H groups in total. The fraction of sp³-hybridized carbons (Fsp3) is 0.286. The van der Waals surface area contributed by atoms with Crippen molar-refractivity contribution in [3.63, 3.8) is 0 Å². The molecule has 28 heavy (non-hydrogen) atoms. The van der Waals surface area contributed by atoms with Crippen molar-refractivity contribution >= 4 is 28.6 Å². The van der Waals surface area contributed by atoms with E-state index in [0.29, 0.717) is 27.5 Å². The number of hydrogen-bond donors (Lipinski definition) is 0. The predicted molar refractivity (Wildman–Crippen MR) is 113 cm³/mol. The van der Waals surface area contributed by atoms with Crippen LogP contribution >= 0.6 is 11.8 Å². The fourth-order valence-electron chi connectivity index (χ4n) is 2.95. The van der Waals surface area contributed by atoms with Crippen molar-refractivity contribution in [2.24, 2.45) is 0 Å². The number of aryl methyl sites for hydroxylation is 1. The molecule has 1 amide bonds. The number of amides is 1. The van der Waals surface area contributed by atoms with Gasteiger partial charge in [0.05, 0.1) is 29.0 Å². The first kappa shape index (κ1) is 19.9. The van der Waals surface area contributed by atoms with Crippen molar-refractivity contribution in [1.82, 2.24) is 14.5 Å². The van der Waals surface area contributed by atoms with Crippen LogP contribution in [0.4, 0.5) is 0 Å². The Kier molecular flexibility index (Phi) is 5.74. The molecule has 1 aromatic heterocycles. The predicted octanol–water partition coefficient (Wildman–Crippen LogP) is 3.27. The van der Waals surface area contributed by atoms with Crippen molar-refractivity contribution < 1.29 is 9.53 Å². The first-order valence-electron chi connectivity index (χ1n) is 8.88. The second-order valence-corrected chi connectivity index (χ2v) is 8.03. The van der Waals surface area contributed by atoms with E-state index < -0.39 is 5.25 Å². The van der Waals surface area contributed by atoms with Crippen LogP contribution in [0.1, 0.15) is 12.5 Å². The monoisotopic (exact) mass is 397 g/mol. The molecule has 0 aliphatic carbocycles. The van der Waals surface area contributed by atoms with Gasteiger partial charge in [0.15, 0.2) is 5.16 Å². The van der Waals surface area contributed by atoms with Crippen LogP contribution in [-0.2, 0) is 4.79 Å². The highest BCUT2D eigenvalue weighted by molar-refractivity contribution is 8.00. The zero-order valence-electron chi connectivity index (χ0n) is 16.6. The van der Waals surface area contributed by atoms with E-state index in [0.717, 1.165) is 5.56 Å². The molecule has 3 aromatic rings. The molecule has 0 fully saturated rings. The number of rotatable bonds is 5. The third-order valence-electron chi connectivity index (χ3n) is 4.39. The van der Waals surface area contributed by atoms with Gasteiger partial charge >= 0.3 is 0 Å². The normalized spacial score (nSPS) is 12.0. The number of carbonyl (C=O) groups is 1. The maximum absolute atomic E-state index is 13.4. The molecular weight excluding hydrogens is 374 g/mol. The number of fused-ring (bicyclic) bond motifs is 1. The van der Waals surface area contributed by atoms with Gasteiger partial charge in [-0.3, -0.25) is 14.2 Å². The van der Waals surface area contributed by atoms with Crippen molar-refractivity contribution in [2.45, 2.75) is 24.3 Å². The van der Waals surface area contributed by atoms with E-state index in [1.54, 1.807) is 33.3 Å². The maximum Gasteiger partial charge on any atom is 0.266 e. The van der Waals surface area contributed by atoms with Crippen LogP contribution in [0, 0.1) is 6.92 Å². The minimum Gasteiger partial charge on any atom is -0.495 e. The van der Waals surface area contributed by atoms with Crippen LogP contribution in [0.2, 0.25) is 0 Å². The molecule has 0 radical (unpaired) electrons. The molecule has 6 nitrogen and oxygen atoms in total. The molecule has 0 saturated carbocycles. The van der Waals surface area contributed by atoms with Crippen LogP contribution in [0.3, 0.4) is 0 Å². The lowest BCUT2D eigenvalue weighted by molar-refractivity contribution is -0.127. The Hall–Kier alpha value is -2.80. The summed E-state index contributed by atoms with van der Waals surface area (Å²) in [6.07, 6.45) is 0. The Morgan fingerprint density at radius 3 is 2.61 bits per heavy atom. The van der Waals surface area contributed by atoms with E-state index in [4.69, 9.17) is 9.72 Å². The number of nitrogens with zero attached hydrogens (tertiary/aromatic N) is 3. The number of para-hydroxylation sites is 1. The van der Waals surface area contributed by atoms with Crippen molar-refractivity contribution in [3.8, 4) is 11.4 Å². The molecule has 0 unspecified atom stereocenters. The zero-order chi connectivity index (χ0) is 20.4. The number of hydrogen-bond acceptors (Lipinski definition) is 5. The Morgan fingerprint density at radius 2 is 1.93 bits per heavy atom. The number of methoxy groups -OCH3 is 1. The Morgan fingerprint density at radius 1 is 1.21 bits per heavy atom. The number of benzene rings is 2. The molecule has 0 aliphatic rings. The standard InChI is InChI=1S/C21H23N3O3S/c1-13-10-11-18(27-5)17(12-13)24-20(26)15-8-6-7-9-16(15)22-21(24)28-14(2)19(25)23(3)4/h6-12,14H,1-5H3/t14-/m0/s1. The highest BCUT2D eigenvalue weighted by Gasteiger charge is 2.22. The van der Waals surface area contributed by atoms with Crippen LogP contribution in [0.25, 0.3) is 16.6 Å². The third kappa shape index (κ3) is 3.75. The summed E-state index contributed by atoms with van der Waals surface area (Å²) in [7, 11) is 4.99. The average Bonchev–Trinajstić information content (AvgIpc) is 2.67. The zero-order valence-corrected chi connectivity index (χ0v) is 17.4. The smallest absolute Gasteiger partial charge is 0.266 e. The Bertz CT molecular complexity index is 1090. The lowest BCUT2D eigenvalue weighted by atomic mass is 10.2.